The van der Waals surface area contributed by atoms with E-state index in [2.05, 4.69) is 0 Å². The summed E-state index contributed by atoms with van der Waals surface area (Å²) in [5, 5.41) is 37.4. The molecule has 8 heteroatoms. The molecular formula is C13H16O8. The van der Waals surface area contributed by atoms with Crippen molar-refractivity contribution in [3.63, 3.8) is 0 Å². The van der Waals surface area contributed by atoms with E-state index in [0.717, 1.165) is 0 Å². The summed E-state index contributed by atoms with van der Waals surface area (Å²) in [4.78, 5) is 45.9. The molecule has 0 saturated heterocycles. The quantitative estimate of drug-likeness (QED) is 0.576. The molecular weight excluding hydrogens is 284 g/mol. The maximum absolute atomic E-state index is 11.5. The molecule has 21 heavy (non-hydrogen) atoms. The lowest BCUT2D eigenvalue weighted by molar-refractivity contribution is -0.205. The first kappa shape index (κ1) is 15.3. The maximum Gasteiger partial charge on any atom is 0.307 e. The molecule has 0 aliphatic heterocycles. The Morgan fingerprint density at radius 3 is 1.48 bits per heavy atom. The van der Waals surface area contributed by atoms with Gasteiger partial charge in [-0.3, -0.25) is 19.2 Å². The van der Waals surface area contributed by atoms with Crippen LogP contribution in [0, 0.1) is 35.0 Å². The zero-order valence-electron chi connectivity index (χ0n) is 11.2. The van der Waals surface area contributed by atoms with Gasteiger partial charge in [0.25, 0.3) is 0 Å². The zero-order valence-corrected chi connectivity index (χ0v) is 11.2. The van der Waals surface area contributed by atoms with Crippen molar-refractivity contribution in [3.05, 3.63) is 0 Å². The van der Waals surface area contributed by atoms with E-state index in [1.807, 2.05) is 0 Å². The standard InChI is InChI=1S/C13H16O8/c1-13-3-2-4(5(9(14)15)7(13)11(18)19)6(10(16)17)8(13)12(20)21/h4-8H,2-3H2,1H3,(H,14,15)(H,16,17)(H,18,19)(H,20,21). The molecule has 0 radical (unpaired) electrons. The molecule has 0 aromatic heterocycles. The lowest BCUT2D eigenvalue weighted by atomic mass is 9.43. The van der Waals surface area contributed by atoms with Gasteiger partial charge in [0, 0.05) is 0 Å². The van der Waals surface area contributed by atoms with E-state index in [4.69, 9.17) is 0 Å². The van der Waals surface area contributed by atoms with E-state index >= 15 is 0 Å². The highest BCUT2D eigenvalue weighted by Crippen LogP contribution is 2.62. The summed E-state index contributed by atoms with van der Waals surface area (Å²) in [6.45, 7) is 1.38. The zero-order chi connectivity index (χ0) is 16.1. The van der Waals surface area contributed by atoms with E-state index in [0.29, 0.717) is 0 Å². The first-order chi connectivity index (χ1) is 9.62. The van der Waals surface area contributed by atoms with E-state index in [9.17, 15) is 39.6 Å². The second-order valence-corrected chi connectivity index (χ2v) is 6.07. The third-order valence-electron chi connectivity index (χ3n) is 5.18. The average Bonchev–Trinajstić information content (AvgIpc) is 2.35. The topological polar surface area (TPSA) is 149 Å². The van der Waals surface area contributed by atoms with Gasteiger partial charge >= 0.3 is 23.9 Å². The van der Waals surface area contributed by atoms with Crippen LogP contribution in [-0.4, -0.2) is 44.3 Å². The molecule has 4 N–H and O–H groups in total. The molecule has 4 atom stereocenters. The van der Waals surface area contributed by atoms with Gasteiger partial charge in [-0.1, -0.05) is 6.92 Å². The van der Waals surface area contributed by atoms with E-state index in [1.165, 1.54) is 6.92 Å². The molecule has 0 spiro atoms. The van der Waals surface area contributed by atoms with Crippen molar-refractivity contribution in [2.75, 3.05) is 0 Å². The molecule has 0 amide bonds. The summed E-state index contributed by atoms with van der Waals surface area (Å²) in [6.07, 6.45) is 0.400. The first-order valence-corrected chi connectivity index (χ1v) is 6.54. The molecule has 3 saturated carbocycles. The minimum absolute atomic E-state index is 0.194. The monoisotopic (exact) mass is 300 g/mol. The highest BCUT2D eigenvalue weighted by atomic mass is 16.4. The SMILES string of the molecule is CC12CCC(C(C(=O)O)C1C(=O)O)C(C(=O)O)C2C(=O)O. The Kier molecular flexibility index (Phi) is 3.43. The van der Waals surface area contributed by atoms with Crippen LogP contribution in [-0.2, 0) is 19.2 Å². The number of carbonyl (C=O) groups is 4. The Morgan fingerprint density at radius 1 is 0.810 bits per heavy atom. The van der Waals surface area contributed by atoms with Crippen LogP contribution < -0.4 is 0 Å². The van der Waals surface area contributed by atoms with Gasteiger partial charge in [-0.25, -0.2) is 0 Å². The smallest absolute Gasteiger partial charge is 0.307 e. The van der Waals surface area contributed by atoms with Crippen molar-refractivity contribution in [2.45, 2.75) is 19.8 Å². The Morgan fingerprint density at radius 2 is 1.19 bits per heavy atom. The molecule has 116 valence electrons. The molecule has 0 heterocycles. The molecule has 0 aromatic carbocycles. The van der Waals surface area contributed by atoms with Crippen LogP contribution in [0.1, 0.15) is 19.8 Å². The number of fused-ring (bicyclic) bond motifs is 3. The molecule has 3 rings (SSSR count). The van der Waals surface area contributed by atoms with Gasteiger partial charge in [-0.05, 0) is 24.2 Å². The molecule has 8 nitrogen and oxygen atoms in total. The van der Waals surface area contributed by atoms with Crippen LogP contribution in [0.2, 0.25) is 0 Å². The minimum atomic E-state index is -1.40. The van der Waals surface area contributed by atoms with Gasteiger partial charge in [-0.15, -0.1) is 0 Å². The van der Waals surface area contributed by atoms with Crippen molar-refractivity contribution in [2.24, 2.45) is 35.0 Å². The summed E-state index contributed by atoms with van der Waals surface area (Å²) in [6, 6.07) is 0. The van der Waals surface area contributed by atoms with E-state index in [-0.39, 0.29) is 12.8 Å². The second kappa shape index (κ2) is 4.71. The second-order valence-electron chi connectivity index (χ2n) is 6.07. The third-order valence-corrected chi connectivity index (χ3v) is 5.18. The number of hydrogen-bond donors (Lipinski definition) is 4. The Bertz CT molecular complexity index is 484. The van der Waals surface area contributed by atoms with Crippen molar-refractivity contribution in [1.82, 2.24) is 0 Å². The summed E-state index contributed by atoms with van der Waals surface area (Å²) >= 11 is 0. The van der Waals surface area contributed by atoms with E-state index < -0.39 is 58.9 Å². The predicted molar refractivity (Wildman–Crippen MR) is 65.3 cm³/mol. The van der Waals surface area contributed by atoms with Crippen molar-refractivity contribution < 1.29 is 39.6 Å². The van der Waals surface area contributed by atoms with Crippen molar-refractivity contribution in [3.8, 4) is 0 Å². The maximum atomic E-state index is 11.5. The molecule has 2 bridgehead atoms. The van der Waals surface area contributed by atoms with Crippen LogP contribution in [0.3, 0.4) is 0 Å². The highest BCUT2D eigenvalue weighted by molar-refractivity contribution is 5.88. The fourth-order valence-corrected chi connectivity index (χ4v) is 4.40. The van der Waals surface area contributed by atoms with Crippen LogP contribution in [0.5, 0.6) is 0 Å². The van der Waals surface area contributed by atoms with Crippen molar-refractivity contribution in [1.29, 1.82) is 0 Å². The Labute approximate surface area is 119 Å². The van der Waals surface area contributed by atoms with Gasteiger partial charge in [0.15, 0.2) is 0 Å². The molecule has 3 aliphatic rings. The molecule has 4 unspecified atom stereocenters. The third kappa shape index (κ3) is 1.97. The normalized spacial score (nSPS) is 41.5. The lowest BCUT2D eigenvalue weighted by Gasteiger charge is -2.57. The van der Waals surface area contributed by atoms with Gasteiger partial charge in [-0.2, -0.15) is 0 Å². The number of carboxylic acids is 4. The van der Waals surface area contributed by atoms with E-state index in [1.54, 1.807) is 0 Å². The molecule has 3 aliphatic carbocycles. The summed E-state index contributed by atoms with van der Waals surface area (Å²) in [5.74, 6) is -12.1. The van der Waals surface area contributed by atoms with Crippen LogP contribution in [0.15, 0.2) is 0 Å². The van der Waals surface area contributed by atoms with Crippen LogP contribution in [0.4, 0.5) is 0 Å². The lowest BCUT2D eigenvalue weighted by Crippen LogP contribution is -2.64. The van der Waals surface area contributed by atoms with Gasteiger partial charge in [0.2, 0.25) is 0 Å². The first-order valence-electron chi connectivity index (χ1n) is 6.54. The predicted octanol–water partition coefficient (Wildman–Crippen LogP) is 0.219. The average molecular weight is 300 g/mol. The number of hydrogen-bond acceptors (Lipinski definition) is 4. The minimum Gasteiger partial charge on any atom is -0.481 e. The molecule has 0 aromatic rings. The highest BCUT2D eigenvalue weighted by Gasteiger charge is 2.68. The Balaban J connectivity index is 2.63. The largest absolute Gasteiger partial charge is 0.481 e. The summed E-state index contributed by atoms with van der Waals surface area (Å²) in [5.41, 5.74) is -1.39. The number of rotatable bonds is 4. The van der Waals surface area contributed by atoms with Crippen LogP contribution in [0.25, 0.3) is 0 Å². The summed E-state index contributed by atoms with van der Waals surface area (Å²) < 4.78 is 0. The fourth-order valence-electron chi connectivity index (χ4n) is 4.40. The summed E-state index contributed by atoms with van der Waals surface area (Å²) in [7, 11) is 0. The van der Waals surface area contributed by atoms with Crippen LogP contribution >= 0.6 is 0 Å². The van der Waals surface area contributed by atoms with Gasteiger partial charge < -0.3 is 20.4 Å². The van der Waals surface area contributed by atoms with Gasteiger partial charge in [0.1, 0.15) is 0 Å². The molecule has 3 fully saturated rings. The number of aliphatic carboxylic acids is 4. The number of carboxylic acid groups (broad SMARTS) is 4. The Hall–Kier alpha value is -2.12. The van der Waals surface area contributed by atoms with Crippen molar-refractivity contribution >= 4 is 23.9 Å². The fraction of sp³-hybridized carbons (Fsp3) is 0.692. The van der Waals surface area contributed by atoms with Gasteiger partial charge in [0.05, 0.1) is 23.7 Å².